The molecule has 0 saturated heterocycles. The van der Waals surface area contributed by atoms with Crippen molar-refractivity contribution in [2.45, 2.75) is 11.8 Å². The Bertz CT molecular complexity index is 1410. The van der Waals surface area contributed by atoms with Gasteiger partial charge in [-0.15, -0.1) is 10.2 Å². The number of benzene rings is 3. The molecule has 1 aromatic heterocycles. The van der Waals surface area contributed by atoms with E-state index in [2.05, 4.69) is 26.0 Å². The van der Waals surface area contributed by atoms with E-state index in [9.17, 15) is 4.79 Å². The number of hydrogen-bond donors (Lipinski definition) is 3. The minimum absolute atomic E-state index is 0.0276. The van der Waals surface area contributed by atoms with Gasteiger partial charge >= 0.3 is 0 Å². The van der Waals surface area contributed by atoms with Crippen LogP contribution in [0.3, 0.4) is 0 Å². The van der Waals surface area contributed by atoms with E-state index in [4.69, 9.17) is 45.4 Å². The molecule has 190 valence electrons. The van der Waals surface area contributed by atoms with Gasteiger partial charge in [-0.1, -0.05) is 76.9 Å². The van der Waals surface area contributed by atoms with Gasteiger partial charge < -0.3 is 15.9 Å². The van der Waals surface area contributed by atoms with Gasteiger partial charge in [0.2, 0.25) is 11.1 Å². The first-order valence-electron chi connectivity index (χ1n) is 10.7. The van der Waals surface area contributed by atoms with Gasteiger partial charge in [-0.05, 0) is 42.0 Å². The number of thioether (sulfide) groups is 1. The topological polar surface area (TPSA) is 119 Å². The minimum atomic E-state index is -0.306. The van der Waals surface area contributed by atoms with Gasteiger partial charge in [0.15, 0.2) is 0 Å². The fourth-order valence-electron chi connectivity index (χ4n) is 2.99. The molecule has 9 nitrogen and oxygen atoms in total. The van der Waals surface area contributed by atoms with Gasteiger partial charge in [-0.3, -0.25) is 4.79 Å². The molecule has 0 bridgehead atoms. The van der Waals surface area contributed by atoms with Crippen LogP contribution in [0.4, 0.5) is 11.6 Å². The second-order valence-electron chi connectivity index (χ2n) is 7.44. The lowest BCUT2D eigenvalue weighted by Gasteiger charge is -2.09. The highest BCUT2D eigenvalue weighted by atomic mass is 35.5. The van der Waals surface area contributed by atoms with Gasteiger partial charge in [0.25, 0.3) is 5.95 Å². The number of anilines is 2. The van der Waals surface area contributed by atoms with Crippen molar-refractivity contribution in [1.82, 2.24) is 14.9 Å². The standard InChI is InChI=1S/C24H20Cl3N7O2S/c25-17-10-8-15(9-11-17)13-36-20-7-2-1-4-16(20)12-29-31-23-32-33-24(34(23)28)37-14-21(35)30-19-6-3-5-18(26)22(19)27/h1-12H,13-14,28H2,(H,30,35)(H,31,32)/b29-12+. The number of carbonyl (C=O) groups is 1. The van der Waals surface area contributed by atoms with E-state index in [1.54, 1.807) is 24.4 Å². The number of amides is 1. The molecule has 4 aromatic rings. The third-order valence-electron chi connectivity index (χ3n) is 4.82. The van der Waals surface area contributed by atoms with Crippen LogP contribution in [0.15, 0.2) is 77.0 Å². The third-order valence-corrected chi connectivity index (χ3v) is 6.83. The molecule has 1 heterocycles. The molecule has 0 atom stereocenters. The van der Waals surface area contributed by atoms with Crippen molar-refractivity contribution in [3.05, 3.63) is 92.9 Å². The summed E-state index contributed by atoms with van der Waals surface area (Å²) in [6, 6.07) is 19.9. The summed E-state index contributed by atoms with van der Waals surface area (Å²) in [5.74, 6) is 6.61. The molecule has 13 heteroatoms. The average molecular weight is 577 g/mol. The summed E-state index contributed by atoms with van der Waals surface area (Å²) in [5.41, 5.74) is 4.90. The Labute approximate surface area is 231 Å². The largest absolute Gasteiger partial charge is 0.488 e. The molecule has 0 radical (unpaired) electrons. The quantitative estimate of drug-likeness (QED) is 0.0957. The van der Waals surface area contributed by atoms with Crippen molar-refractivity contribution in [3.8, 4) is 5.75 Å². The summed E-state index contributed by atoms with van der Waals surface area (Å²) in [6.45, 7) is 0.379. The smallest absolute Gasteiger partial charge is 0.264 e. The minimum Gasteiger partial charge on any atom is -0.488 e. The van der Waals surface area contributed by atoms with Gasteiger partial charge in [0.1, 0.15) is 12.4 Å². The number of hydrazone groups is 1. The van der Waals surface area contributed by atoms with Crippen LogP contribution >= 0.6 is 46.6 Å². The van der Waals surface area contributed by atoms with Crippen molar-refractivity contribution in [1.29, 1.82) is 0 Å². The number of ether oxygens (including phenoxy) is 1. The normalized spacial score (nSPS) is 11.0. The van der Waals surface area contributed by atoms with Crippen LogP contribution in [0.1, 0.15) is 11.1 Å². The Balaban J connectivity index is 1.32. The lowest BCUT2D eigenvalue weighted by atomic mass is 10.2. The monoisotopic (exact) mass is 575 g/mol. The Morgan fingerprint density at radius 3 is 2.65 bits per heavy atom. The number of nitrogens with zero attached hydrogens (tertiary/aromatic N) is 4. The maximum Gasteiger partial charge on any atom is 0.264 e. The number of carbonyl (C=O) groups excluding carboxylic acids is 1. The molecule has 37 heavy (non-hydrogen) atoms. The molecule has 0 aliphatic carbocycles. The molecule has 1 amide bonds. The SMILES string of the molecule is Nn1c(N/N=C/c2ccccc2OCc2ccc(Cl)cc2)nnc1SCC(=O)Nc1cccc(Cl)c1Cl. The van der Waals surface area contributed by atoms with E-state index >= 15 is 0 Å². The van der Waals surface area contributed by atoms with E-state index in [0.29, 0.717) is 33.2 Å². The summed E-state index contributed by atoms with van der Waals surface area (Å²) in [4.78, 5) is 12.3. The van der Waals surface area contributed by atoms with Crippen LogP contribution in [0.5, 0.6) is 5.75 Å². The molecular formula is C24H20Cl3N7O2S. The molecule has 4 rings (SSSR count). The number of para-hydroxylation sites is 1. The molecule has 0 unspecified atom stereocenters. The van der Waals surface area contributed by atoms with E-state index in [-0.39, 0.29) is 22.6 Å². The summed E-state index contributed by atoms with van der Waals surface area (Å²) < 4.78 is 7.13. The maximum atomic E-state index is 12.3. The van der Waals surface area contributed by atoms with Crippen molar-refractivity contribution in [3.63, 3.8) is 0 Å². The lowest BCUT2D eigenvalue weighted by molar-refractivity contribution is -0.113. The van der Waals surface area contributed by atoms with Crippen LogP contribution in [0.2, 0.25) is 15.1 Å². The van der Waals surface area contributed by atoms with Gasteiger partial charge in [0.05, 0.1) is 27.7 Å². The number of hydrogen-bond acceptors (Lipinski definition) is 8. The number of nitrogen functional groups attached to an aromatic ring is 1. The Hall–Kier alpha value is -3.44. The van der Waals surface area contributed by atoms with E-state index in [1.165, 1.54) is 4.68 Å². The maximum absolute atomic E-state index is 12.3. The summed E-state index contributed by atoms with van der Waals surface area (Å²) >= 11 is 19.1. The van der Waals surface area contributed by atoms with Crippen molar-refractivity contribution >= 4 is 70.3 Å². The molecular weight excluding hydrogens is 557 g/mol. The van der Waals surface area contributed by atoms with Crippen LogP contribution in [0, 0.1) is 0 Å². The summed E-state index contributed by atoms with van der Waals surface area (Å²) in [5, 5.41) is 16.5. The lowest BCUT2D eigenvalue weighted by Crippen LogP contribution is -2.17. The van der Waals surface area contributed by atoms with E-state index in [0.717, 1.165) is 22.9 Å². The second kappa shape index (κ2) is 12.7. The third kappa shape index (κ3) is 7.30. The van der Waals surface area contributed by atoms with Crippen LogP contribution in [0.25, 0.3) is 0 Å². The average Bonchev–Trinajstić information content (AvgIpc) is 3.25. The Kier molecular flexibility index (Phi) is 9.13. The van der Waals surface area contributed by atoms with Gasteiger partial charge in [-0.25, -0.2) is 10.1 Å². The number of rotatable bonds is 10. The highest BCUT2D eigenvalue weighted by Crippen LogP contribution is 2.29. The molecule has 0 aliphatic heterocycles. The Morgan fingerprint density at radius 2 is 1.84 bits per heavy atom. The Morgan fingerprint density at radius 1 is 1.05 bits per heavy atom. The first kappa shape index (κ1) is 26.6. The van der Waals surface area contributed by atoms with Gasteiger partial charge in [0, 0.05) is 10.6 Å². The first-order valence-corrected chi connectivity index (χ1v) is 12.8. The molecule has 0 spiro atoms. The number of nitrogens with two attached hydrogens (primary N) is 1. The summed E-state index contributed by atoms with van der Waals surface area (Å²) in [6.07, 6.45) is 1.58. The molecule has 0 fully saturated rings. The zero-order chi connectivity index (χ0) is 26.2. The van der Waals surface area contributed by atoms with Gasteiger partial charge in [-0.2, -0.15) is 5.10 Å². The molecule has 3 aromatic carbocycles. The molecule has 0 saturated carbocycles. The predicted molar refractivity (Wildman–Crippen MR) is 149 cm³/mol. The van der Waals surface area contributed by atoms with E-state index < -0.39 is 0 Å². The fraction of sp³-hybridized carbons (Fsp3) is 0.0833. The molecule has 4 N–H and O–H groups in total. The fourth-order valence-corrected chi connectivity index (χ4v) is 4.12. The van der Waals surface area contributed by atoms with Crippen LogP contribution < -0.4 is 21.3 Å². The van der Waals surface area contributed by atoms with E-state index in [1.807, 2.05) is 48.5 Å². The number of nitrogens with one attached hydrogen (secondary N) is 2. The number of aromatic nitrogens is 3. The van der Waals surface area contributed by atoms with Crippen LogP contribution in [-0.4, -0.2) is 32.7 Å². The summed E-state index contributed by atoms with van der Waals surface area (Å²) in [7, 11) is 0. The highest BCUT2D eigenvalue weighted by Gasteiger charge is 2.13. The first-order chi connectivity index (χ1) is 17.9. The van der Waals surface area contributed by atoms with Crippen LogP contribution in [-0.2, 0) is 11.4 Å². The van der Waals surface area contributed by atoms with Crippen molar-refractivity contribution < 1.29 is 9.53 Å². The highest BCUT2D eigenvalue weighted by molar-refractivity contribution is 7.99. The second-order valence-corrected chi connectivity index (χ2v) is 9.60. The zero-order valence-electron chi connectivity index (χ0n) is 19.1. The number of halogens is 3. The molecule has 0 aliphatic rings. The predicted octanol–water partition coefficient (Wildman–Crippen LogP) is 5.71. The zero-order valence-corrected chi connectivity index (χ0v) is 22.2. The van der Waals surface area contributed by atoms with Crippen molar-refractivity contribution in [2.24, 2.45) is 5.10 Å². The van der Waals surface area contributed by atoms with Crippen molar-refractivity contribution in [2.75, 3.05) is 22.3 Å².